The summed E-state index contributed by atoms with van der Waals surface area (Å²) in [6.07, 6.45) is 4.23. The van der Waals surface area contributed by atoms with Gasteiger partial charge >= 0.3 is 0 Å². The summed E-state index contributed by atoms with van der Waals surface area (Å²) in [6, 6.07) is 15.5. The molecule has 0 saturated heterocycles. The van der Waals surface area contributed by atoms with Crippen LogP contribution in [-0.2, 0) is 6.42 Å². The van der Waals surface area contributed by atoms with Crippen LogP contribution in [0.3, 0.4) is 0 Å². The van der Waals surface area contributed by atoms with Crippen molar-refractivity contribution in [2.24, 2.45) is 0 Å². The molecule has 0 atom stereocenters. The van der Waals surface area contributed by atoms with E-state index in [9.17, 15) is 0 Å². The van der Waals surface area contributed by atoms with Crippen molar-refractivity contribution < 1.29 is 0 Å². The predicted molar refractivity (Wildman–Crippen MR) is 97.2 cm³/mol. The van der Waals surface area contributed by atoms with Gasteiger partial charge in [-0.1, -0.05) is 37.6 Å². The highest BCUT2D eigenvalue weighted by atomic mass is 15.3. The number of aromatic nitrogens is 2. The van der Waals surface area contributed by atoms with Crippen molar-refractivity contribution >= 4 is 0 Å². The Balaban J connectivity index is 2.06. The number of rotatable bonds is 4. The normalized spacial score (nSPS) is 11.0. The highest BCUT2D eigenvalue weighted by Crippen LogP contribution is 2.27. The molecule has 0 saturated carbocycles. The first-order valence-corrected chi connectivity index (χ1v) is 8.31. The van der Waals surface area contributed by atoms with E-state index in [1.54, 1.807) is 0 Å². The molecule has 0 aliphatic carbocycles. The van der Waals surface area contributed by atoms with Crippen LogP contribution in [0.5, 0.6) is 0 Å². The smallest absolute Gasteiger partial charge is 0.0678 e. The fourth-order valence-corrected chi connectivity index (χ4v) is 2.93. The van der Waals surface area contributed by atoms with Crippen molar-refractivity contribution in [2.45, 2.75) is 40.5 Å². The van der Waals surface area contributed by atoms with Gasteiger partial charge in [0.2, 0.25) is 0 Å². The minimum absolute atomic E-state index is 1.05. The van der Waals surface area contributed by atoms with E-state index in [2.05, 4.69) is 62.3 Å². The number of nitrogens with zero attached hydrogens (tertiary/aromatic N) is 2. The molecule has 3 aromatic rings. The highest BCUT2D eigenvalue weighted by molar-refractivity contribution is 5.67. The Hall–Kier alpha value is -2.35. The number of hydrogen-bond acceptors (Lipinski definition) is 1. The summed E-state index contributed by atoms with van der Waals surface area (Å²) >= 11 is 0. The molecule has 0 N–H and O–H groups in total. The standard InChI is InChI=1S/C21H24N2/c1-5-6-20-14-19(18-8-7-15(2)16(3)13-18)9-10-21(20)23-12-11-17(4)22-23/h7-14H,5-6H2,1-4H3. The van der Waals surface area contributed by atoms with Gasteiger partial charge in [0.1, 0.15) is 0 Å². The summed E-state index contributed by atoms with van der Waals surface area (Å²) in [5.74, 6) is 0. The first kappa shape index (κ1) is 15.5. The molecule has 1 aromatic heterocycles. The predicted octanol–water partition coefficient (Wildman–Crippen LogP) is 5.42. The molecule has 0 spiro atoms. The summed E-state index contributed by atoms with van der Waals surface area (Å²) in [5.41, 5.74) is 8.83. The van der Waals surface area contributed by atoms with Crippen LogP contribution in [0.15, 0.2) is 48.7 Å². The lowest BCUT2D eigenvalue weighted by Crippen LogP contribution is -2.01. The molecule has 0 aliphatic rings. The lowest BCUT2D eigenvalue weighted by atomic mass is 9.97. The van der Waals surface area contributed by atoms with Crippen LogP contribution < -0.4 is 0 Å². The third kappa shape index (κ3) is 3.21. The van der Waals surface area contributed by atoms with Crippen molar-refractivity contribution in [2.75, 3.05) is 0 Å². The third-order valence-electron chi connectivity index (χ3n) is 4.41. The van der Waals surface area contributed by atoms with Gasteiger partial charge < -0.3 is 0 Å². The van der Waals surface area contributed by atoms with Gasteiger partial charge in [0, 0.05) is 6.20 Å². The van der Waals surface area contributed by atoms with Crippen molar-refractivity contribution in [3.63, 3.8) is 0 Å². The molecule has 0 amide bonds. The van der Waals surface area contributed by atoms with Gasteiger partial charge in [0.25, 0.3) is 0 Å². The van der Waals surface area contributed by atoms with Crippen molar-refractivity contribution in [3.05, 3.63) is 71.0 Å². The zero-order valence-electron chi connectivity index (χ0n) is 14.4. The Bertz CT molecular complexity index is 828. The quantitative estimate of drug-likeness (QED) is 0.629. The summed E-state index contributed by atoms with van der Waals surface area (Å²) < 4.78 is 1.99. The van der Waals surface area contributed by atoms with Crippen LogP contribution in [-0.4, -0.2) is 9.78 Å². The zero-order chi connectivity index (χ0) is 16.4. The molecular weight excluding hydrogens is 280 g/mol. The molecule has 0 fully saturated rings. The van der Waals surface area contributed by atoms with E-state index in [1.165, 1.54) is 33.5 Å². The molecule has 2 nitrogen and oxygen atoms in total. The fourth-order valence-electron chi connectivity index (χ4n) is 2.93. The fraction of sp³-hybridized carbons (Fsp3) is 0.286. The molecule has 1 heterocycles. The Morgan fingerprint density at radius 2 is 1.61 bits per heavy atom. The molecule has 2 aromatic carbocycles. The SMILES string of the molecule is CCCc1cc(-c2ccc(C)c(C)c2)ccc1-n1ccc(C)n1. The van der Waals surface area contributed by atoms with Crippen LogP contribution in [0, 0.1) is 20.8 Å². The number of aryl methyl sites for hydroxylation is 4. The Labute approximate surface area is 138 Å². The Morgan fingerprint density at radius 1 is 0.870 bits per heavy atom. The number of benzene rings is 2. The molecular formula is C21H24N2. The second-order valence-electron chi connectivity index (χ2n) is 6.29. The summed E-state index contributed by atoms with van der Waals surface area (Å²) in [6.45, 7) is 8.58. The maximum Gasteiger partial charge on any atom is 0.0678 e. The third-order valence-corrected chi connectivity index (χ3v) is 4.41. The molecule has 0 aliphatic heterocycles. The second-order valence-corrected chi connectivity index (χ2v) is 6.29. The van der Waals surface area contributed by atoms with Crippen LogP contribution in [0.4, 0.5) is 0 Å². The largest absolute Gasteiger partial charge is 0.240 e. The van der Waals surface area contributed by atoms with E-state index in [0.29, 0.717) is 0 Å². The Morgan fingerprint density at radius 3 is 2.26 bits per heavy atom. The van der Waals surface area contributed by atoms with Crippen molar-refractivity contribution in [3.8, 4) is 16.8 Å². The van der Waals surface area contributed by atoms with Crippen LogP contribution in [0.1, 0.15) is 35.7 Å². The monoisotopic (exact) mass is 304 g/mol. The molecule has 3 rings (SSSR count). The van der Waals surface area contributed by atoms with Crippen LogP contribution >= 0.6 is 0 Å². The first-order chi connectivity index (χ1) is 11.1. The van der Waals surface area contributed by atoms with Crippen molar-refractivity contribution in [1.29, 1.82) is 0 Å². The van der Waals surface area contributed by atoms with Gasteiger partial charge in [-0.3, -0.25) is 0 Å². The first-order valence-electron chi connectivity index (χ1n) is 8.31. The minimum Gasteiger partial charge on any atom is -0.240 e. The number of hydrogen-bond donors (Lipinski definition) is 0. The van der Waals surface area contributed by atoms with E-state index in [1.807, 2.05) is 23.9 Å². The summed E-state index contributed by atoms with van der Waals surface area (Å²) in [7, 11) is 0. The average molecular weight is 304 g/mol. The van der Waals surface area contributed by atoms with Gasteiger partial charge in [-0.05, 0) is 73.2 Å². The highest BCUT2D eigenvalue weighted by Gasteiger charge is 2.08. The van der Waals surface area contributed by atoms with E-state index in [-0.39, 0.29) is 0 Å². The molecule has 0 bridgehead atoms. The molecule has 118 valence electrons. The topological polar surface area (TPSA) is 17.8 Å². The lowest BCUT2D eigenvalue weighted by molar-refractivity contribution is 0.829. The Kier molecular flexibility index (Phi) is 4.33. The molecule has 23 heavy (non-hydrogen) atoms. The van der Waals surface area contributed by atoms with E-state index in [0.717, 1.165) is 18.5 Å². The van der Waals surface area contributed by atoms with Gasteiger partial charge in [0.05, 0.1) is 11.4 Å². The van der Waals surface area contributed by atoms with Crippen LogP contribution in [0.25, 0.3) is 16.8 Å². The summed E-state index contributed by atoms with van der Waals surface area (Å²) in [5, 5.41) is 4.57. The van der Waals surface area contributed by atoms with Gasteiger partial charge in [-0.15, -0.1) is 0 Å². The molecule has 0 radical (unpaired) electrons. The minimum atomic E-state index is 1.05. The van der Waals surface area contributed by atoms with E-state index < -0.39 is 0 Å². The van der Waals surface area contributed by atoms with Crippen molar-refractivity contribution in [1.82, 2.24) is 9.78 Å². The van der Waals surface area contributed by atoms with E-state index >= 15 is 0 Å². The summed E-state index contributed by atoms with van der Waals surface area (Å²) in [4.78, 5) is 0. The van der Waals surface area contributed by atoms with Gasteiger partial charge in [0.15, 0.2) is 0 Å². The van der Waals surface area contributed by atoms with Gasteiger partial charge in [-0.2, -0.15) is 5.10 Å². The second kappa shape index (κ2) is 6.41. The van der Waals surface area contributed by atoms with E-state index in [4.69, 9.17) is 0 Å². The van der Waals surface area contributed by atoms with Gasteiger partial charge in [-0.25, -0.2) is 4.68 Å². The molecule has 2 heteroatoms. The van der Waals surface area contributed by atoms with Crippen LogP contribution in [0.2, 0.25) is 0 Å². The average Bonchev–Trinajstić information content (AvgIpc) is 2.96. The molecule has 0 unspecified atom stereocenters. The lowest BCUT2D eigenvalue weighted by Gasteiger charge is -2.13. The maximum absolute atomic E-state index is 4.57. The zero-order valence-corrected chi connectivity index (χ0v) is 14.4. The maximum atomic E-state index is 4.57.